The summed E-state index contributed by atoms with van der Waals surface area (Å²) in [6, 6.07) is 4.61. The van der Waals surface area contributed by atoms with Crippen LogP contribution >= 0.6 is 0 Å². The van der Waals surface area contributed by atoms with Gasteiger partial charge in [-0.05, 0) is 38.5 Å². The second-order valence-corrected chi connectivity index (χ2v) is 8.26. The quantitative estimate of drug-likeness (QED) is 0.733. The molecular weight excluding hydrogens is 316 g/mol. The van der Waals surface area contributed by atoms with E-state index in [4.69, 9.17) is 10.2 Å². The Labute approximate surface area is 125 Å². The van der Waals surface area contributed by atoms with Gasteiger partial charge in [-0.3, -0.25) is 0 Å². The predicted molar refractivity (Wildman–Crippen MR) is 78.5 cm³/mol. The lowest BCUT2D eigenvalue weighted by atomic mass is 10.3. The first kappa shape index (κ1) is 18.1. The van der Waals surface area contributed by atoms with Crippen molar-refractivity contribution in [1.29, 1.82) is 0 Å². The molecule has 0 bridgehead atoms. The minimum absolute atomic E-state index is 0.129. The van der Waals surface area contributed by atoms with Crippen molar-refractivity contribution < 1.29 is 21.9 Å². The normalized spacial score (nSPS) is 13.0. The molecule has 1 rings (SSSR count). The fraction of sp³-hybridized carbons (Fsp3) is 0.500. The Hall–Kier alpha value is -1.00. The van der Waals surface area contributed by atoms with Gasteiger partial charge < -0.3 is 5.11 Å². The number of rotatable bonds is 7. The van der Waals surface area contributed by atoms with Crippen molar-refractivity contribution in [3.63, 3.8) is 0 Å². The zero-order valence-corrected chi connectivity index (χ0v) is 13.6. The first-order valence-corrected chi connectivity index (χ1v) is 9.35. The molecule has 0 aliphatic carbocycles. The summed E-state index contributed by atoms with van der Waals surface area (Å²) >= 11 is 0. The Kier molecular flexibility index (Phi) is 5.88. The zero-order chi connectivity index (χ0) is 16.3. The third kappa shape index (κ3) is 4.48. The smallest absolute Gasteiger partial charge is 0.243 e. The van der Waals surface area contributed by atoms with Gasteiger partial charge >= 0.3 is 0 Å². The molecule has 1 aromatic carbocycles. The van der Waals surface area contributed by atoms with E-state index in [1.54, 1.807) is 13.8 Å². The average Bonchev–Trinajstić information content (AvgIpc) is 2.37. The lowest BCUT2D eigenvalue weighted by Crippen LogP contribution is -2.38. The first-order chi connectivity index (χ1) is 9.60. The Balaban J connectivity index is 3.29. The Morgan fingerprint density at radius 2 is 1.76 bits per heavy atom. The van der Waals surface area contributed by atoms with E-state index in [0.29, 0.717) is 6.42 Å². The molecule has 0 saturated heterocycles. The van der Waals surface area contributed by atoms with Crippen molar-refractivity contribution in [3.05, 3.63) is 24.3 Å². The molecule has 0 atom stereocenters. The highest BCUT2D eigenvalue weighted by Crippen LogP contribution is 2.21. The van der Waals surface area contributed by atoms with Crippen molar-refractivity contribution in [2.45, 2.75) is 36.1 Å². The largest absolute Gasteiger partial charge is 0.396 e. The average molecular weight is 336 g/mol. The van der Waals surface area contributed by atoms with Gasteiger partial charge in [-0.25, -0.2) is 22.0 Å². The molecule has 0 fully saturated rings. The molecule has 7 nitrogen and oxygen atoms in total. The van der Waals surface area contributed by atoms with Crippen LogP contribution in [0.25, 0.3) is 0 Å². The SMILES string of the molecule is CC(C)N(CCCO)S(=O)(=O)c1cccc(S(N)(=O)=O)c1. The van der Waals surface area contributed by atoms with Crippen molar-refractivity contribution in [3.8, 4) is 0 Å². The summed E-state index contributed by atoms with van der Waals surface area (Å²) in [5, 5.41) is 13.9. The van der Waals surface area contributed by atoms with Crippen LogP contribution < -0.4 is 5.14 Å². The fourth-order valence-corrected chi connectivity index (χ4v) is 4.19. The van der Waals surface area contributed by atoms with Gasteiger partial charge in [-0.1, -0.05) is 6.07 Å². The molecule has 21 heavy (non-hydrogen) atoms. The van der Waals surface area contributed by atoms with Crippen LogP contribution in [-0.2, 0) is 20.0 Å². The van der Waals surface area contributed by atoms with E-state index in [1.165, 1.54) is 22.5 Å². The van der Waals surface area contributed by atoms with Crippen molar-refractivity contribution >= 4 is 20.0 Å². The lowest BCUT2D eigenvalue weighted by molar-refractivity contribution is 0.258. The molecule has 0 amide bonds. The molecular formula is C12H20N2O5S2. The summed E-state index contributed by atoms with van der Waals surface area (Å²) in [6.07, 6.45) is 0.298. The van der Waals surface area contributed by atoms with Crippen LogP contribution in [-0.4, -0.2) is 45.4 Å². The van der Waals surface area contributed by atoms with E-state index in [1.807, 2.05) is 0 Å². The molecule has 1 aromatic rings. The number of hydrogen-bond donors (Lipinski definition) is 2. The third-order valence-electron chi connectivity index (χ3n) is 2.85. The summed E-state index contributed by atoms with van der Waals surface area (Å²) < 4.78 is 49.0. The molecule has 0 radical (unpaired) electrons. The van der Waals surface area contributed by atoms with Crippen LogP contribution in [0, 0.1) is 0 Å². The van der Waals surface area contributed by atoms with E-state index in [2.05, 4.69) is 0 Å². The molecule has 0 aromatic heterocycles. The number of aliphatic hydroxyl groups excluding tert-OH is 1. The lowest BCUT2D eigenvalue weighted by Gasteiger charge is -2.25. The number of aliphatic hydroxyl groups is 1. The van der Waals surface area contributed by atoms with Crippen LogP contribution in [0.15, 0.2) is 34.1 Å². The van der Waals surface area contributed by atoms with Gasteiger partial charge in [0, 0.05) is 19.2 Å². The molecule has 120 valence electrons. The molecule has 0 spiro atoms. The van der Waals surface area contributed by atoms with Gasteiger partial charge in [-0.2, -0.15) is 4.31 Å². The highest BCUT2D eigenvalue weighted by Gasteiger charge is 2.27. The molecule has 0 saturated carbocycles. The molecule has 0 aliphatic rings. The van der Waals surface area contributed by atoms with Crippen molar-refractivity contribution in [2.75, 3.05) is 13.2 Å². The number of sulfonamides is 2. The minimum Gasteiger partial charge on any atom is -0.396 e. The molecule has 9 heteroatoms. The maximum absolute atomic E-state index is 12.6. The van der Waals surface area contributed by atoms with Gasteiger partial charge in [0.1, 0.15) is 0 Å². The van der Waals surface area contributed by atoms with E-state index in [0.717, 1.165) is 6.07 Å². The second-order valence-electron chi connectivity index (χ2n) is 4.81. The Morgan fingerprint density at radius 1 is 1.19 bits per heavy atom. The summed E-state index contributed by atoms with van der Waals surface area (Å²) in [5.41, 5.74) is 0. The van der Waals surface area contributed by atoms with Crippen LogP contribution in [0.3, 0.4) is 0 Å². The number of benzene rings is 1. The highest BCUT2D eigenvalue weighted by atomic mass is 32.2. The van der Waals surface area contributed by atoms with Crippen LogP contribution in [0.2, 0.25) is 0 Å². The van der Waals surface area contributed by atoms with E-state index in [-0.39, 0.29) is 29.0 Å². The van der Waals surface area contributed by atoms with E-state index in [9.17, 15) is 16.8 Å². The van der Waals surface area contributed by atoms with Crippen LogP contribution in [0.1, 0.15) is 20.3 Å². The van der Waals surface area contributed by atoms with Crippen LogP contribution in [0.4, 0.5) is 0 Å². The number of nitrogens with zero attached hydrogens (tertiary/aromatic N) is 1. The highest BCUT2D eigenvalue weighted by molar-refractivity contribution is 7.90. The monoisotopic (exact) mass is 336 g/mol. The van der Waals surface area contributed by atoms with Gasteiger partial charge in [0.25, 0.3) is 0 Å². The Morgan fingerprint density at radius 3 is 2.24 bits per heavy atom. The zero-order valence-electron chi connectivity index (χ0n) is 11.9. The predicted octanol–water partition coefficient (Wildman–Crippen LogP) is 0.116. The Bertz CT molecular complexity index is 683. The fourth-order valence-electron chi connectivity index (χ4n) is 1.83. The van der Waals surface area contributed by atoms with Gasteiger partial charge in [0.05, 0.1) is 9.79 Å². The van der Waals surface area contributed by atoms with Crippen molar-refractivity contribution in [2.24, 2.45) is 5.14 Å². The number of nitrogens with two attached hydrogens (primary N) is 1. The second kappa shape index (κ2) is 6.84. The van der Waals surface area contributed by atoms with Crippen molar-refractivity contribution in [1.82, 2.24) is 4.31 Å². The summed E-state index contributed by atoms with van der Waals surface area (Å²) in [7, 11) is -7.82. The van der Waals surface area contributed by atoms with Gasteiger partial charge in [-0.15, -0.1) is 0 Å². The van der Waals surface area contributed by atoms with Gasteiger partial charge in [0.2, 0.25) is 20.0 Å². The third-order valence-corrected chi connectivity index (χ3v) is 5.84. The topological polar surface area (TPSA) is 118 Å². The summed E-state index contributed by atoms with van der Waals surface area (Å²) in [6.45, 7) is 3.43. The maximum Gasteiger partial charge on any atom is 0.243 e. The van der Waals surface area contributed by atoms with Crippen LogP contribution in [0.5, 0.6) is 0 Å². The standard InChI is InChI=1S/C12H20N2O5S2/c1-10(2)14(7-4-8-15)21(18,19)12-6-3-5-11(9-12)20(13,16)17/h3,5-6,9-10,15H,4,7-8H2,1-2H3,(H2,13,16,17). The number of hydrogen-bond acceptors (Lipinski definition) is 5. The van der Waals surface area contributed by atoms with Gasteiger partial charge in [0.15, 0.2) is 0 Å². The number of primary sulfonamides is 1. The molecule has 0 heterocycles. The van der Waals surface area contributed by atoms with E-state index < -0.39 is 20.0 Å². The molecule has 0 unspecified atom stereocenters. The molecule has 0 aliphatic heterocycles. The molecule has 3 N–H and O–H groups in total. The maximum atomic E-state index is 12.6. The minimum atomic E-state index is -3.97. The first-order valence-electron chi connectivity index (χ1n) is 6.36. The van der Waals surface area contributed by atoms with E-state index >= 15 is 0 Å². The summed E-state index contributed by atoms with van der Waals surface area (Å²) in [5.74, 6) is 0. The summed E-state index contributed by atoms with van der Waals surface area (Å²) in [4.78, 5) is -0.393.